The highest BCUT2D eigenvalue weighted by molar-refractivity contribution is 6.30. The lowest BCUT2D eigenvalue weighted by molar-refractivity contribution is -0.123. The molecule has 0 radical (unpaired) electrons. The Morgan fingerprint density at radius 1 is 1.26 bits per heavy atom. The molecule has 0 saturated carbocycles. The molecule has 0 aliphatic heterocycles. The number of halogens is 2. The molecule has 2 unspecified atom stereocenters. The van der Waals surface area contributed by atoms with E-state index < -0.39 is 23.9 Å². The Bertz CT molecular complexity index is 679. The maximum atomic E-state index is 13.4. The van der Waals surface area contributed by atoms with Crippen LogP contribution in [0.5, 0.6) is 0 Å². The van der Waals surface area contributed by atoms with Gasteiger partial charge in [0, 0.05) is 11.6 Å². The Morgan fingerprint density at radius 2 is 1.91 bits per heavy atom. The summed E-state index contributed by atoms with van der Waals surface area (Å²) in [6, 6.07) is 11.7. The van der Waals surface area contributed by atoms with E-state index in [1.807, 2.05) is 0 Å². The molecular weight excluding hydrogens is 319 g/mol. The average Bonchev–Trinajstić information content (AvgIpc) is 2.47. The lowest BCUT2D eigenvalue weighted by Crippen LogP contribution is -2.37. The zero-order chi connectivity index (χ0) is 17.0. The lowest BCUT2D eigenvalue weighted by Gasteiger charge is -2.28. The van der Waals surface area contributed by atoms with Crippen LogP contribution in [0.3, 0.4) is 0 Å². The highest BCUT2D eigenvalue weighted by Gasteiger charge is 2.25. The molecule has 0 spiro atoms. The van der Waals surface area contributed by atoms with Crippen molar-refractivity contribution < 1.29 is 14.3 Å². The maximum Gasteiger partial charge on any atom is 0.239 e. The number of primary amides is 1. The molecule has 2 atom stereocenters. The van der Waals surface area contributed by atoms with Crippen LogP contribution >= 0.6 is 11.6 Å². The fourth-order valence-corrected chi connectivity index (χ4v) is 2.61. The number of hydrogen-bond donors (Lipinski definition) is 2. The molecule has 0 saturated heterocycles. The number of hydrogen-bond acceptors (Lipinski definition) is 3. The van der Waals surface area contributed by atoms with Crippen LogP contribution in [0.15, 0.2) is 48.5 Å². The summed E-state index contributed by atoms with van der Waals surface area (Å²) in [6.45, 7) is 0.158. The van der Waals surface area contributed by atoms with Gasteiger partial charge < -0.3 is 10.8 Å². The zero-order valence-electron chi connectivity index (χ0n) is 12.6. The average molecular weight is 337 g/mol. The third-order valence-electron chi connectivity index (χ3n) is 3.59. The first-order valence-electron chi connectivity index (χ1n) is 7.07. The van der Waals surface area contributed by atoms with E-state index >= 15 is 0 Å². The Hall–Kier alpha value is -1.95. The van der Waals surface area contributed by atoms with E-state index in [1.165, 1.54) is 18.2 Å². The van der Waals surface area contributed by atoms with Gasteiger partial charge in [-0.05, 0) is 42.4 Å². The Morgan fingerprint density at radius 3 is 2.48 bits per heavy atom. The zero-order valence-corrected chi connectivity index (χ0v) is 13.4. The van der Waals surface area contributed by atoms with Crippen LogP contribution in [-0.2, 0) is 4.79 Å². The number of rotatable bonds is 6. The first-order valence-corrected chi connectivity index (χ1v) is 7.45. The van der Waals surface area contributed by atoms with E-state index in [9.17, 15) is 14.3 Å². The van der Waals surface area contributed by atoms with Crippen molar-refractivity contribution in [2.75, 3.05) is 13.6 Å². The number of aliphatic hydroxyl groups is 1. The van der Waals surface area contributed by atoms with Crippen molar-refractivity contribution in [3.05, 3.63) is 70.5 Å². The largest absolute Gasteiger partial charge is 0.387 e. The van der Waals surface area contributed by atoms with Crippen LogP contribution in [0.25, 0.3) is 0 Å². The van der Waals surface area contributed by atoms with Crippen LogP contribution in [-0.4, -0.2) is 29.5 Å². The number of carbonyl (C=O) groups is 1. The van der Waals surface area contributed by atoms with Crippen LogP contribution < -0.4 is 5.73 Å². The molecule has 0 fully saturated rings. The fraction of sp³-hybridized carbons (Fsp3) is 0.235. The van der Waals surface area contributed by atoms with Gasteiger partial charge in [0.1, 0.15) is 11.9 Å². The summed E-state index contributed by atoms with van der Waals surface area (Å²) < 4.78 is 13.4. The first kappa shape index (κ1) is 17.4. The van der Waals surface area contributed by atoms with Gasteiger partial charge in [-0.25, -0.2) is 4.39 Å². The highest BCUT2D eigenvalue weighted by atomic mass is 35.5. The number of nitrogens with two attached hydrogens (primary N) is 1. The predicted octanol–water partition coefficient (Wildman–Crippen LogP) is 2.67. The van der Waals surface area contributed by atoms with Gasteiger partial charge in [-0.1, -0.05) is 35.9 Å². The Kier molecular flexibility index (Phi) is 5.71. The summed E-state index contributed by atoms with van der Waals surface area (Å²) in [6.07, 6.45) is -0.826. The van der Waals surface area contributed by atoms with E-state index in [-0.39, 0.29) is 6.54 Å². The van der Waals surface area contributed by atoms with Crippen LogP contribution in [0, 0.1) is 5.82 Å². The molecule has 122 valence electrons. The summed E-state index contributed by atoms with van der Waals surface area (Å²) in [5, 5.41) is 10.9. The summed E-state index contributed by atoms with van der Waals surface area (Å²) in [7, 11) is 1.65. The van der Waals surface area contributed by atoms with Crippen molar-refractivity contribution in [2.45, 2.75) is 12.1 Å². The number of nitrogens with zero attached hydrogens (tertiary/aromatic N) is 1. The number of aliphatic hydroxyl groups excluding tert-OH is 1. The minimum Gasteiger partial charge on any atom is -0.387 e. The van der Waals surface area contributed by atoms with Crippen LogP contribution in [0.2, 0.25) is 5.02 Å². The number of likely N-dealkylation sites (N-methyl/N-ethyl adjacent to an activating group) is 1. The van der Waals surface area contributed by atoms with Gasteiger partial charge >= 0.3 is 0 Å². The summed E-state index contributed by atoms with van der Waals surface area (Å²) in [5.74, 6) is -1.05. The van der Waals surface area contributed by atoms with E-state index in [1.54, 1.807) is 42.3 Å². The van der Waals surface area contributed by atoms with Crippen molar-refractivity contribution >= 4 is 17.5 Å². The molecular formula is C17H18ClFN2O2. The molecule has 0 aromatic heterocycles. The van der Waals surface area contributed by atoms with Gasteiger partial charge in [0.05, 0.1) is 6.10 Å². The van der Waals surface area contributed by atoms with Gasteiger partial charge in [-0.15, -0.1) is 0 Å². The van der Waals surface area contributed by atoms with Gasteiger partial charge in [-0.3, -0.25) is 9.69 Å². The molecule has 2 aromatic carbocycles. The minimum absolute atomic E-state index is 0.158. The molecule has 0 bridgehead atoms. The van der Waals surface area contributed by atoms with Crippen molar-refractivity contribution in [3.8, 4) is 0 Å². The molecule has 0 aliphatic rings. The third kappa shape index (κ3) is 4.51. The first-order chi connectivity index (χ1) is 10.9. The predicted molar refractivity (Wildman–Crippen MR) is 87.4 cm³/mol. The molecule has 23 heavy (non-hydrogen) atoms. The van der Waals surface area contributed by atoms with Gasteiger partial charge in [0.2, 0.25) is 5.91 Å². The maximum absolute atomic E-state index is 13.4. The summed E-state index contributed by atoms with van der Waals surface area (Å²) in [5.41, 5.74) is 6.57. The second-order valence-electron chi connectivity index (χ2n) is 5.37. The standard InChI is InChI=1S/C17H18ClFN2O2/c1-21(10-15(22)11-5-7-13(18)8-6-11)16(17(20)23)12-3-2-4-14(19)9-12/h2-9,15-16,22H,10H2,1H3,(H2,20,23). The third-order valence-corrected chi connectivity index (χ3v) is 3.84. The number of amides is 1. The number of benzene rings is 2. The van der Waals surface area contributed by atoms with Gasteiger partial charge in [-0.2, -0.15) is 0 Å². The highest BCUT2D eigenvalue weighted by Crippen LogP contribution is 2.24. The number of carbonyl (C=O) groups excluding carboxylic acids is 1. The van der Waals surface area contributed by atoms with E-state index in [0.29, 0.717) is 16.1 Å². The van der Waals surface area contributed by atoms with Crippen molar-refractivity contribution in [1.82, 2.24) is 4.90 Å². The second kappa shape index (κ2) is 7.55. The molecule has 0 heterocycles. The smallest absolute Gasteiger partial charge is 0.239 e. The van der Waals surface area contributed by atoms with Crippen molar-refractivity contribution in [1.29, 1.82) is 0 Å². The van der Waals surface area contributed by atoms with Crippen molar-refractivity contribution in [2.24, 2.45) is 5.73 Å². The molecule has 0 aliphatic carbocycles. The van der Waals surface area contributed by atoms with E-state index in [0.717, 1.165) is 0 Å². The summed E-state index contributed by atoms with van der Waals surface area (Å²) in [4.78, 5) is 13.4. The fourth-order valence-electron chi connectivity index (χ4n) is 2.48. The molecule has 6 heteroatoms. The topological polar surface area (TPSA) is 66.6 Å². The van der Waals surface area contributed by atoms with Gasteiger partial charge in [0.15, 0.2) is 0 Å². The molecule has 3 N–H and O–H groups in total. The second-order valence-corrected chi connectivity index (χ2v) is 5.80. The quantitative estimate of drug-likeness (QED) is 0.852. The Labute approximate surface area is 139 Å². The van der Waals surface area contributed by atoms with Crippen molar-refractivity contribution in [3.63, 3.8) is 0 Å². The SMILES string of the molecule is CN(CC(O)c1ccc(Cl)cc1)C(C(N)=O)c1cccc(F)c1. The van der Waals surface area contributed by atoms with Crippen LogP contribution in [0.1, 0.15) is 23.3 Å². The Balaban J connectivity index is 2.16. The normalized spacial score (nSPS) is 13.8. The monoisotopic (exact) mass is 336 g/mol. The molecule has 2 rings (SSSR count). The van der Waals surface area contributed by atoms with E-state index in [2.05, 4.69) is 0 Å². The van der Waals surface area contributed by atoms with E-state index in [4.69, 9.17) is 17.3 Å². The van der Waals surface area contributed by atoms with Crippen LogP contribution in [0.4, 0.5) is 4.39 Å². The molecule has 4 nitrogen and oxygen atoms in total. The molecule has 1 amide bonds. The van der Waals surface area contributed by atoms with Gasteiger partial charge in [0.25, 0.3) is 0 Å². The molecule has 2 aromatic rings. The summed E-state index contributed by atoms with van der Waals surface area (Å²) >= 11 is 5.82. The minimum atomic E-state index is -0.826. The lowest BCUT2D eigenvalue weighted by atomic mass is 10.0.